The minimum absolute atomic E-state index is 0.0146. The Kier molecular flexibility index (Phi) is 7.81. The highest BCUT2D eigenvalue weighted by Gasteiger charge is 2.35. The number of benzene rings is 1. The molecule has 1 atom stereocenters. The molecule has 0 saturated heterocycles. The lowest BCUT2D eigenvalue weighted by molar-refractivity contribution is -0.123. The van der Waals surface area contributed by atoms with E-state index in [1.165, 1.54) is 26.1 Å². The van der Waals surface area contributed by atoms with Gasteiger partial charge in [-0.15, -0.1) is 0 Å². The van der Waals surface area contributed by atoms with Crippen LogP contribution < -0.4 is 14.9 Å². The average Bonchev–Trinajstić information content (AvgIpc) is 2.70. The molecule has 0 aliphatic heterocycles. The SMILES string of the molecule is CN(c1cc(C(=O)NCC(=O)[C@@](C)(Cc2ccccc2)NC(=O)O)cc(Cl)n1)S(C)(=O)=O. The number of ketones is 1. The molecule has 0 aliphatic carbocycles. The third-order valence-electron chi connectivity index (χ3n) is 4.67. The van der Waals surface area contributed by atoms with E-state index in [9.17, 15) is 27.9 Å². The smallest absolute Gasteiger partial charge is 0.405 e. The van der Waals surface area contributed by atoms with E-state index in [2.05, 4.69) is 15.6 Å². The van der Waals surface area contributed by atoms with Crippen LogP contribution in [-0.2, 0) is 21.2 Å². The fourth-order valence-electron chi connectivity index (χ4n) is 2.86. The molecule has 12 heteroatoms. The van der Waals surface area contributed by atoms with Gasteiger partial charge in [-0.05, 0) is 24.6 Å². The van der Waals surface area contributed by atoms with Crippen molar-refractivity contribution in [3.05, 3.63) is 58.7 Å². The maximum absolute atomic E-state index is 12.8. The van der Waals surface area contributed by atoms with Crippen molar-refractivity contribution in [3.63, 3.8) is 0 Å². The number of hydrogen-bond acceptors (Lipinski definition) is 6. The summed E-state index contributed by atoms with van der Waals surface area (Å²) in [5.41, 5.74) is -0.769. The van der Waals surface area contributed by atoms with Crippen LogP contribution in [-0.4, -0.2) is 61.7 Å². The molecule has 0 saturated carbocycles. The fourth-order valence-corrected chi connectivity index (χ4v) is 3.49. The number of aromatic nitrogens is 1. The molecule has 0 radical (unpaired) electrons. The van der Waals surface area contributed by atoms with E-state index >= 15 is 0 Å². The van der Waals surface area contributed by atoms with Gasteiger partial charge in [-0.2, -0.15) is 0 Å². The third kappa shape index (κ3) is 6.66. The van der Waals surface area contributed by atoms with Crippen molar-refractivity contribution in [2.24, 2.45) is 0 Å². The molecule has 0 spiro atoms. The second kappa shape index (κ2) is 9.96. The van der Waals surface area contributed by atoms with Crippen molar-refractivity contribution < 1.29 is 27.9 Å². The molecule has 0 bridgehead atoms. The first-order chi connectivity index (χ1) is 14.8. The zero-order valence-corrected chi connectivity index (χ0v) is 19.2. The van der Waals surface area contributed by atoms with Gasteiger partial charge in [0.15, 0.2) is 5.78 Å². The van der Waals surface area contributed by atoms with E-state index in [1.54, 1.807) is 30.3 Å². The van der Waals surface area contributed by atoms with Gasteiger partial charge < -0.3 is 15.7 Å². The molecule has 2 rings (SSSR count). The second-order valence-corrected chi connectivity index (χ2v) is 9.70. The monoisotopic (exact) mass is 482 g/mol. The van der Waals surface area contributed by atoms with Crippen molar-refractivity contribution in [1.82, 2.24) is 15.6 Å². The summed E-state index contributed by atoms with van der Waals surface area (Å²) in [6, 6.07) is 11.3. The van der Waals surface area contributed by atoms with Crippen LogP contribution >= 0.6 is 11.6 Å². The first kappa shape index (κ1) is 25.1. The zero-order chi connectivity index (χ0) is 24.1. The lowest BCUT2D eigenvalue weighted by Gasteiger charge is -2.28. The Bertz CT molecular complexity index is 1130. The summed E-state index contributed by atoms with van der Waals surface area (Å²) in [5, 5.41) is 13.7. The summed E-state index contributed by atoms with van der Waals surface area (Å²) in [6.45, 7) is 0.963. The normalized spacial score (nSPS) is 13.0. The van der Waals surface area contributed by atoms with E-state index in [-0.39, 0.29) is 23.0 Å². The second-order valence-electron chi connectivity index (χ2n) is 7.30. The van der Waals surface area contributed by atoms with Crippen molar-refractivity contribution in [2.75, 3.05) is 24.2 Å². The van der Waals surface area contributed by atoms with E-state index in [0.29, 0.717) is 0 Å². The number of nitrogens with zero attached hydrogens (tertiary/aromatic N) is 2. The molecule has 0 aliphatic rings. The number of pyridine rings is 1. The molecule has 0 fully saturated rings. The zero-order valence-electron chi connectivity index (χ0n) is 17.6. The van der Waals surface area contributed by atoms with Crippen LogP contribution in [0.4, 0.5) is 10.6 Å². The predicted octanol–water partition coefficient (Wildman–Crippen LogP) is 1.70. The van der Waals surface area contributed by atoms with Crippen LogP contribution in [0, 0.1) is 0 Å². The van der Waals surface area contributed by atoms with Gasteiger partial charge in [0.25, 0.3) is 5.91 Å². The highest BCUT2D eigenvalue weighted by molar-refractivity contribution is 7.92. The summed E-state index contributed by atoms with van der Waals surface area (Å²) in [7, 11) is -2.38. The Morgan fingerprint density at radius 3 is 2.38 bits per heavy atom. The van der Waals surface area contributed by atoms with Gasteiger partial charge in [0.1, 0.15) is 16.5 Å². The van der Waals surface area contributed by atoms with E-state index in [1.807, 2.05) is 0 Å². The molecule has 2 aromatic rings. The Morgan fingerprint density at radius 2 is 1.81 bits per heavy atom. The summed E-state index contributed by atoms with van der Waals surface area (Å²) in [6.07, 6.45) is -0.326. The van der Waals surface area contributed by atoms with Gasteiger partial charge in [0, 0.05) is 19.0 Å². The number of carboxylic acid groups (broad SMARTS) is 1. The standard InChI is InChI=1S/C20H23ClN4O6S/c1-20(24-19(28)29,11-13-7-5-4-6-8-13)15(26)12-22-18(27)14-9-16(21)23-17(10-14)25(2)32(3,30)31/h4-10,24H,11-12H2,1-3H3,(H,22,27)(H,28,29)/t20-/m1/s1. The Balaban J connectivity index is 2.18. The van der Waals surface area contributed by atoms with Crippen LogP contribution in [0.5, 0.6) is 0 Å². The van der Waals surface area contributed by atoms with E-state index in [4.69, 9.17) is 11.6 Å². The largest absolute Gasteiger partial charge is 0.465 e. The Hall–Kier alpha value is -3.18. The molecule has 10 nitrogen and oxygen atoms in total. The first-order valence-corrected chi connectivity index (χ1v) is 11.5. The topological polar surface area (TPSA) is 146 Å². The van der Waals surface area contributed by atoms with Crippen LogP contribution in [0.15, 0.2) is 42.5 Å². The molecule has 1 heterocycles. The number of carbonyl (C=O) groups excluding carboxylic acids is 2. The van der Waals surface area contributed by atoms with Gasteiger partial charge in [-0.25, -0.2) is 18.2 Å². The summed E-state index contributed by atoms with van der Waals surface area (Å²) < 4.78 is 24.3. The van der Waals surface area contributed by atoms with Crippen molar-refractivity contribution in [2.45, 2.75) is 18.9 Å². The number of nitrogens with one attached hydrogen (secondary N) is 2. The minimum atomic E-state index is -3.64. The highest BCUT2D eigenvalue weighted by Crippen LogP contribution is 2.19. The van der Waals surface area contributed by atoms with Gasteiger partial charge in [-0.3, -0.25) is 13.9 Å². The highest BCUT2D eigenvalue weighted by atomic mass is 35.5. The molecule has 32 heavy (non-hydrogen) atoms. The number of carbonyl (C=O) groups is 3. The van der Waals surface area contributed by atoms with Crippen LogP contribution in [0.3, 0.4) is 0 Å². The summed E-state index contributed by atoms with van der Waals surface area (Å²) >= 11 is 5.92. The molecular weight excluding hydrogens is 460 g/mol. The molecule has 3 N–H and O–H groups in total. The lowest BCUT2D eigenvalue weighted by atomic mass is 9.88. The molecule has 1 aromatic heterocycles. The number of amides is 2. The van der Waals surface area contributed by atoms with Gasteiger partial charge in [0.2, 0.25) is 10.0 Å². The van der Waals surface area contributed by atoms with Gasteiger partial charge in [-0.1, -0.05) is 41.9 Å². The molecule has 0 unspecified atom stereocenters. The lowest BCUT2D eigenvalue weighted by Crippen LogP contribution is -2.56. The van der Waals surface area contributed by atoms with Crippen molar-refractivity contribution in [1.29, 1.82) is 0 Å². The third-order valence-corrected chi connectivity index (χ3v) is 6.05. The number of anilines is 1. The maximum atomic E-state index is 12.8. The molecule has 2 amide bonds. The molecular formula is C20H23ClN4O6S. The number of halogens is 1. The van der Waals surface area contributed by atoms with Gasteiger partial charge >= 0.3 is 6.09 Å². The number of sulfonamides is 1. The van der Waals surface area contributed by atoms with E-state index in [0.717, 1.165) is 16.1 Å². The molecule has 1 aromatic carbocycles. The number of Topliss-reactive ketones (excluding diaryl/α,β-unsaturated/α-hetero) is 1. The Labute approximate surface area is 190 Å². The Morgan fingerprint density at radius 1 is 1.19 bits per heavy atom. The quantitative estimate of drug-likeness (QED) is 0.461. The predicted molar refractivity (Wildman–Crippen MR) is 120 cm³/mol. The maximum Gasteiger partial charge on any atom is 0.405 e. The number of hydrogen-bond donors (Lipinski definition) is 3. The van der Waals surface area contributed by atoms with Crippen molar-refractivity contribution >= 4 is 45.2 Å². The fraction of sp³-hybridized carbons (Fsp3) is 0.300. The average molecular weight is 483 g/mol. The summed E-state index contributed by atoms with van der Waals surface area (Å²) in [4.78, 5) is 40.6. The number of rotatable bonds is 9. The van der Waals surface area contributed by atoms with Crippen molar-refractivity contribution in [3.8, 4) is 0 Å². The van der Waals surface area contributed by atoms with Gasteiger partial charge in [0.05, 0.1) is 12.8 Å². The van der Waals surface area contributed by atoms with E-state index < -0.39 is 39.9 Å². The molecule has 172 valence electrons. The first-order valence-electron chi connectivity index (χ1n) is 9.30. The minimum Gasteiger partial charge on any atom is -0.465 e. The summed E-state index contributed by atoms with van der Waals surface area (Å²) in [5.74, 6) is -1.34. The van der Waals surface area contributed by atoms with Crippen LogP contribution in [0.25, 0.3) is 0 Å². The van der Waals surface area contributed by atoms with Crippen LogP contribution in [0.2, 0.25) is 5.15 Å². The van der Waals surface area contributed by atoms with Crippen LogP contribution in [0.1, 0.15) is 22.8 Å².